The first kappa shape index (κ1) is 12.8. The molecule has 9 heteroatoms. The van der Waals surface area contributed by atoms with Gasteiger partial charge >= 0.3 is 0 Å². The van der Waals surface area contributed by atoms with Gasteiger partial charge in [0.1, 0.15) is 0 Å². The average Bonchev–Trinajstić information content (AvgIpc) is 1.99. The van der Waals surface area contributed by atoms with Crippen LogP contribution in [-0.2, 0) is 9.05 Å². The summed E-state index contributed by atoms with van der Waals surface area (Å²) in [5.74, 6) is 0. The van der Waals surface area contributed by atoms with Crippen LogP contribution in [0.1, 0.15) is 12.0 Å². The van der Waals surface area contributed by atoms with Crippen LogP contribution in [0.3, 0.4) is 0 Å². The zero-order valence-corrected chi connectivity index (χ0v) is 10.5. The van der Waals surface area contributed by atoms with Gasteiger partial charge in [0, 0.05) is 16.2 Å². The molecule has 0 amide bonds. The van der Waals surface area contributed by atoms with Crippen LogP contribution in [0.25, 0.3) is 0 Å². The zero-order chi connectivity index (χ0) is 11.8. The van der Waals surface area contributed by atoms with E-state index in [0.717, 1.165) is 6.07 Å². The van der Waals surface area contributed by atoms with Gasteiger partial charge in [-0.2, -0.15) is 0 Å². The second-order valence-electron chi connectivity index (χ2n) is 2.47. The van der Waals surface area contributed by atoms with Crippen molar-refractivity contribution in [1.29, 1.82) is 0 Å². The molecule has 15 heavy (non-hydrogen) atoms. The smallest absolute Gasteiger partial charge is 0.269 e. The third kappa shape index (κ3) is 2.88. The highest BCUT2D eigenvalue weighted by molar-refractivity contribution is 14.1. The number of halogens is 4. The van der Waals surface area contributed by atoms with Crippen molar-refractivity contribution in [3.63, 3.8) is 0 Å². The second-order valence-corrected chi connectivity index (χ2v) is 6.13. The van der Waals surface area contributed by atoms with E-state index in [1.807, 2.05) is 0 Å². The maximum Gasteiger partial charge on any atom is 0.269 e. The molecule has 1 heterocycles. The SMILES string of the molecule is O=c1[nH]c(I)cc(C(F)F)c1S(=O)(=O)Cl. The molecule has 0 saturated heterocycles. The minimum atomic E-state index is -4.48. The number of H-pyrrole nitrogens is 1. The summed E-state index contributed by atoms with van der Waals surface area (Å²) in [5, 5.41) is 0. The second kappa shape index (κ2) is 4.34. The molecule has 0 unspecified atom stereocenters. The molecule has 1 rings (SSSR count). The zero-order valence-electron chi connectivity index (χ0n) is 6.80. The van der Waals surface area contributed by atoms with E-state index in [1.54, 1.807) is 22.6 Å². The number of hydrogen-bond acceptors (Lipinski definition) is 3. The Morgan fingerprint density at radius 1 is 1.47 bits per heavy atom. The Morgan fingerprint density at radius 3 is 2.40 bits per heavy atom. The maximum atomic E-state index is 12.4. The quantitative estimate of drug-likeness (QED) is 0.491. The highest BCUT2D eigenvalue weighted by Crippen LogP contribution is 2.26. The van der Waals surface area contributed by atoms with E-state index in [0.29, 0.717) is 0 Å². The summed E-state index contributed by atoms with van der Waals surface area (Å²) in [4.78, 5) is 12.1. The molecule has 0 aromatic carbocycles. The molecular weight excluding hydrogens is 366 g/mol. The van der Waals surface area contributed by atoms with Gasteiger partial charge in [0.15, 0.2) is 4.90 Å². The van der Waals surface area contributed by atoms with E-state index in [1.165, 1.54) is 0 Å². The molecule has 0 saturated carbocycles. The predicted molar refractivity (Wildman–Crippen MR) is 57.8 cm³/mol. The van der Waals surface area contributed by atoms with Crippen LogP contribution >= 0.6 is 33.3 Å². The lowest BCUT2D eigenvalue weighted by atomic mass is 10.3. The van der Waals surface area contributed by atoms with E-state index in [-0.39, 0.29) is 3.70 Å². The standard InChI is InChI=1S/C6H3ClF2INO3S/c7-15(13,14)4-2(5(8)9)1-3(10)11-6(4)12/h1,5H,(H,11,12). The number of aromatic nitrogens is 1. The minimum absolute atomic E-state index is 0.108. The van der Waals surface area contributed by atoms with Crippen molar-refractivity contribution in [2.45, 2.75) is 11.3 Å². The third-order valence-corrected chi connectivity index (χ3v) is 3.42. The lowest BCUT2D eigenvalue weighted by molar-refractivity contribution is 0.147. The Balaban J connectivity index is 3.71. The first-order valence-corrected chi connectivity index (χ1v) is 6.78. The van der Waals surface area contributed by atoms with Crippen LogP contribution in [0.2, 0.25) is 0 Å². The van der Waals surface area contributed by atoms with Crippen molar-refractivity contribution >= 4 is 42.3 Å². The number of pyridine rings is 1. The van der Waals surface area contributed by atoms with Gasteiger partial charge in [0.25, 0.3) is 21.0 Å². The Hall–Kier alpha value is -0.220. The van der Waals surface area contributed by atoms with E-state index in [2.05, 4.69) is 4.98 Å². The van der Waals surface area contributed by atoms with E-state index in [4.69, 9.17) is 10.7 Å². The van der Waals surface area contributed by atoms with Gasteiger partial charge in [-0.1, -0.05) is 0 Å². The number of rotatable bonds is 2. The molecule has 0 aliphatic carbocycles. The van der Waals surface area contributed by atoms with E-state index >= 15 is 0 Å². The molecule has 0 bridgehead atoms. The monoisotopic (exact) mass is 369 g/mol. The Labute approximate surface area is 101 Å². The highest BCUT2D eigenvalue weighted by Gasteiger charge is 2.26. The molecule has 1 N–H and O–H groups in total. The van der Waals surface area contributed by atoms with Gasteiger partial charge in [-0.25, -0.2) is 17.2 Å². The molecule has 1 aromatic rings. The van der Waals surface area contributed by atoms with E-state index in [9.17, 15) is 22.0 Å². The Morgan fingerprint density at radius 2 is 2.00 bits per heavy atom. The molecule has 0 aliphatic rings. The first-order valence-electron chi connectivity index (χ1n) is 3.39. The van der Waals surface area contributed by atoms with Crippen molar-refractivity contribution in [3.05, 3.63) is 25.7 Å². The molecular formula is C6H3ClF2INO3S. The highest BCUT2D eigenvalue weighted by atomic mass is 127. The van der Waals surface area contributed by atoms with E-state index < -0.39 is 31.5 Å². The van der Waals surface area contributed by atoms with Crippen molar-refractivity contribution in [3.8, 4) is 0 Å². The summed E-state index contributed by atoms with van der Waals surface area (Å²) >= 11 is 1.58. The lowest BCUT2D eigenvalue weighted by Gasteiger charge is -2.04. The summed E-state index contributed by atoms with van der Waals surface area (Å²) in [7, 11) is 0.401. The minimum Gasteiger partial charge on any atom is -0.316 e. The van der Waals surface area contributed by atoms with Crippen LogP contribution in [0.15, 0.2) is 15.8 Å². The fraction of sp³-hybridized carbons (Fsp3) is 0.167. The molecule has 0 fully saturated rings. The molecule has 4 nitrogen and oxygen atoms in total. The fourth-order valence-electron chi connectivity index (χ4n) is 0.948. The fourth-order valence-corrected chi connectivity index (χ4v) is 2.71. The van der Waals surface area contributed by atoms with Crippen LogP contribution < -0.4 is 5.56 Å². The largest absolute Gasteiger partial charge is 0.316 e. The number of nitrogens with one attached hydrogen (secondary N) is 1. The molecule has 0 spiro atoms. The van der Waals surface area contributed by atoms with Gasteiger partial charge in [0.2, 0.25) is 0 Å². The maximum absolute atomic E-state index is 12.4. The normalized spacial score (nSPS) is 12.1. The van der Waals surface area contributed by atoms with Gasteiger partial charge < -0.3 is 4.98 Å². The van der Waals surface area contributed by atoms with Crippen molar-refractivity contribution in [2.24, 2.45) is 0 Å². The Bertz CT molecular complexity index is 542. The van der Waals surface area contributed by atoms with Crippen molar-refractivity contribution < 1.29 is 17.2 Å². The predicted octanol–water partition coefficient (Wildman–Crippen LogP) is 1.84. The van der Waals surface area contributed by atoms with Crippen molar-refractivity contribution in [1.82, 2.24) is 4.98 Å². The first-order chi connectivity index (χ1) is 6.73. The lowest BCUT2D eigenvalue weighted by Crippen LogP contribution is -2.18. The van der Waals surface area contributed by atoms with Crippen molar-refractivity contribution in [2.75, 3.05) is 0 Å². The summed E-state index contributed by atoms with van der Waals surface area (Å²) in [6.07, 6.45) is -3.08. The average molecular weight is 370 g/mol. The van der Waals surface area contributed by atoms with Crippen LogP contribution in [0, 0.1) is 3.70 Å². The molecule has 0 aliphatic heterocycles. The van der Waals surface area contributed by atoms with Crippen LogP contribution in [0.4, 0.5) is 8.78 Å². The molecule has 84 valence electrons. The van der Waals surface area contributed by atoms with Crippen LogP contribution in [0.5, 0.6) is 0 Å². The summed E-state index contributed by atoms with van der Waals surface area (Å²) < 4.78 is 46.8. The van der Waals surface area contributed by atoms with Crippen LogP contribution in [-0.4, -0.2) is 13.4 Å². The summed E-state index contributed by atoms with van der Waals surface area (Å²) in [5.41, 5.74) is -2.04. The number of aromatic amines is 1. The molecule has 0 radical (unpaired) electrons. The van der Waals surface area contributed by atoms with Gasteiger partial charge in [0.05, 0.1) is 3.70 Å². The van der Waals surface area contributed by atoms with Gasteiger partial charge in [-0.15, -0.1) is 0 Å². The summed E-state index contributed by atoms with van der Waals surface area (Å²) in [6, 6.07) is 0.863. The third-order valence-electron chi connectivity index (χ3n) is 1.46. The molecule has 0 atom stereocenters. The molecule has 1 aromatic heterocycles. The number of alkyl halides is 2. The number of hydrogen-bond donors (Lipinski definition) is 1. The topological polar surface area (TPSA) is 67.0 Å². The Kier molecular flexibility index (Phi) is 3.71. The van der Waals surface area contributed by atoms with Gasteiger partial charge in [-0.05, 0) is 28.7 Å². The van der Waals surface area contributed by atoms with Gasteiger partial charge in [-0.3, -0.25) is 4.79 Å². The summed E-state index contributed by atoms with van der Waals surface area (Å²) in [6.45, 7) is 0.